The first kappa shape index (κ1) is 9.82. The van der Waals surface area contributed by atoms with Crippen LogP contribution in [0.15, 0.2) is 12.7 Å². The predicted octanol–water partition coefficient (Wildman–Crippen LogP) is 0.756. The Bertz CT molecular complexity index is 437. The Hall–Kier alpha value is -1.72. The maximum atomic E-state index is 4.23. The molecule has 15 heavy (non-hydrogen) atoms. The van der Waals surface area contributed by atoms with Crippen LogP contribution >= 0.6 is 0 Å². The Balaban J connectivity index is 2.29. The molecule has 0 amide bonds. The molecule has 0 radical (unpaired) electrons. The highest BCUT2D eigenvalue weighted by atomic mass is 15.4. The van der Waals surface area contributed by atoms with E-state index in [2.05, 4.69) is 32.0 Å². The molecule has 2 heterocycles. The van der Waals surface area contributed by atoms with Crippen molar-refractivity contribution >= 4 is 11.7 Å². The van der Waals surface area contributed by atoms with Gasteiger partial charge in [-0.3, -0.25) is 0 Å². The number of hydrogen-bond donors (Lipinski definition) is 0. The summed E-state index contributed by atoms with van der Waals surface area (Å²) in [5.74, 6) is 1.42. The molecule has 6 nitrogen and oxygen atoms in total. The van der Waals surface area contributed by atoms with Crippen LogP contribution in [-0.4, -0.2) is 38.2 Å². The molecule has 0 unspecified atom stereocenters. The predicted molar refractivity (Wildman–Crippen MR) is 56.8 cm³/mol. The fraction of sp³-hybridized carbons (Fsp3) is 0.556. The molecule has 0 aliphatic heterocycles. The van der Waals surface area contributed by atoms with Gasteiger partial charge in [-0.1, -0.05) is 13.3 Å². The molecular weight excluding hydrogens is 192 g/mol. The van der Waals surface area contributed by atoms with Crippen LogP contribution in [0.4, 0.5) is 5.95 Å². The summed E-state index contributed by atoms with van der Waals surface area (Å²) in [6, 6.07) is 0. The van der Waals surface area contributed by atoms with E-state index in [9.17, 15) is 0 Å². The third-order valence-electron chi connectivity index (χ3n) is 2.28. The Labute approximate surface area is 88.0 Å². The summed E-state index contributed by atoms with van der Waals surface area (Å²) >= 11 is 0. The average molecular weight is 206 g/mol. The lowest BCUT2D eigenvalue weighted by Crippen LogP contribution is -2.22. The van der Waals surface area contributed by atoms with Crippen LogP contribution in [0.3, 0.4) is 0 Å². The standard InChI is InChI=1S/C9H14N6/c1-3-4-5-14(2)9-11-6-10-8-13-12-7-15(8)9/h6-7H,3-5H2,1-2H3. The van der Waals surface area contributed by atoms with Crippen LogP contribution in [0.25, 0.3) is 5.78 Å². The van der Waals surface area contributed by atoms with Gasteiger partial charge in [-0.15, -0.1) is 10.2 Å². The molecular formula is C9H14N6. The highest BCUT2D eigenvalue weighted by molar-refractivity contribution is 5.38. The van der Waals surface area contributed by atoms with E-state index in [0.717, 1.165) is 18.9 Å². The molecule has 0 fully saturated rings. The second-order valence-corrected chi connectivity index (χ2v) is 3.45. The van der Waals surface area contributed by atoms with E-state index in [1.165, 1.54) is 12.7 Å². The first-order valence-corrected chi connectivity index (χ1v) is 5.04. The van der Waals surface area contributed by atoms with Gasteiger partial charge in [0.25, 0.3) is 5.78 Å². The van der Waals surface area contributed by atoms with Crippen LogP contribution < -0.4 is 4.90 Å². The number of unbranched alkanes of at least 4 members (excludes halogenated alkanes) is 1. The molecule has 0 aliphatic rings. The fourth-order valence-corrected chi connectivity index (χ4v) is 1.43. The van der Waals surface area contributed by atoms with Crippen molar-refractivity contribution < 1.29 is 0 Å². The molecule has 0 aromatic carbocycles. The van der Waals surface area contributed by atoms with Gasteiger partial charge in [0, 0.05) is 13.6 Å². The zero-order valence-corrected chi connectivity index (χ0v) is 8.96. The van der Waals surface area contributed by atoms with Crippen LogP contribution in [0.5, 0.6) is 0 Å². The average Bonchev–Trinajstić information content (AvgIpc) is 2.73. The molecule has 80 valence electrons. The number of fused-ring (bicyclic) bond motifs is 1. The Morgan fingerprint density at radius 3 is 3.07 bits per heavy atom. The molecule has 0 spiro atoms. The lowest BCUT2D eigenvalue weighted by Gasteiger charge is -2.17. The number of hydrogen-bond acceptors (Lipinski definition) is 5. The highest BCUT2D eigenvalue weighted by Crippen LogP contribution is 2.09. The van der Waals surface area contributed by atoms with Gasteiger partial charge in [-0.25, -0.2) is 9.38 Å². The molecule has 2 aromatic heterocycles. The first-order chi connectivity index (χ1) is 7.33. The molecule has 0 atom stereocenters. The summed E-state index contributed by atoms with van der Waals surface area (Å²) in [7, 11) is 2.01. The number of anilines is 1. The quantitative estimate of drug-likeness (QED) is 0.739. The topological polar surface area (TPSA) is 59.2 Å². The molecule has 6 heteroatoms. The first-order valence-electron chi connectivity index (χ1n) is 5.04. The minimum atomic E-state index is 0.586. The van der Waals surface area contributed by atoms with Crippen LogP contribution in [0, 0.1) is 0 Å². The van der Waals surface area contributed by atoms with Crippen molar-refractivity contribution in [3.63, 3.8) is 0 Å². The smallest absolute Gasteiger partial charge is 0.259 e. The number of aromatic nitrogens is 5. The monoisotopic (exact) mass is 206 g/mol. The van der Waals surface area contributed by atoms with E-state index in [1.807, 2.05) is 7.05 Å². The van der Waals surface area contributed by atoms with Gasteiger partial charge in [0.1, 0.15) is 12.7 Å². The summed E-state index contributed by atoms with van der Waals surface area (Å²) in [4.78, 5) is 10.3. The highest BCUT2D eigenvalue weighted by Gasteiger charge is 2.07. The molecule has 0 bridgehead atoms. The van der Waals surface area contributed by atoms with E-state index in [1.54, 1.807) is 10.7 Å². The minimum absolute atomic E-state index is 0.586. The van der Waals surface area contributed by atoms with Crippen molar-refractivity contribution in [1.82, 2.24) is 24.6 Å². The van der Waals surface area contributed by atoms with Gasteiger partial charge in [0.05, 0.1) is 0 Å². The largest absolute Gasteiger partial charge is 0.345 e. The van der Waals surface area contributed by atoms with Crippen LogP contribution in [-0.2, 0) is 0 Å². The lowest BCUT2D eigenvalue weighted by molar-refractivity contribution is 0.741. The van der Waals surface area contributed by atoms with Gasteiger partial charge in [0.15, 0.2) is 0 Å². The third kappa shape index (κ3) is 1.88. The maximum absolute atomic E-state index is 4.23. The Kier molecular flexibility index (Phi) is 2.75. The Morgan fingerprint density at radius 2 is 2.27 bits per heavy atom. The normalized spacial score (nSPS) is 10.8. The zero-order chi connectivity index (χ0) is 10.7. The van der Waals surface area contributed by atoms with Crippen molar-refractivity contribution in [3.05, 3.63) is 12.7 Å². The van der Waals surface area contributed by atoms with E-state index >= 15 is 0 Å². The summed E-state index contributed by atoms with van der Waals surface area (Å²) in [5.41, 5.74) is 0. The van der Waals surface area contributed by atoms with E-state index in [4.69, 9.17) is 0 Å². The van der Waals surface area contributed by atoms with Gasteiger partial charge in [-0.05, 0) is 6.42 Å². The van der Waals surface area contributed by atoms with E-state index in [-0.39, 0.29) is 0 Å². The van der Waals surface area contributed by atoms with Gasteiger partial charge in [0.2, 0.25) is 5.95 Å². The maximum Gasteiger partial charge on any atom is 0.259 e. The molecule has 0 saturated heterocycles. The van der Waals surface area contributed by atoms with Crippen molar-refractivity contribution in [2.75, 3.05) is 18.5 Å². The summed E-state index contributed by atoms with van der Waals surface area (Å²) in [6.45, 7) is 3.14. The molecule has 2 aromatic rings. The van der Waals surface area contributed by atoms with Crippen LogP contribution in [0.2, 0.25) is 0 Å². The fourth-order valence-electron chi connectivity index (χ4n) is 1.43. The van der Waals surface area contributed by atoms with Crippen molar-refractivity contribution in [3.8, 4) is 0 Å². The summed E-state index contributed by atoms with van der Waals surface area (Å²) < 4.78 is 1.79. The zero-order valence-electron chi connectivity index (χ0n) is 8.96. The van der Waals surface area contributed by atoms with E-state index in [0.29, 0.717) is 5.78 Å². The second kappa shape index (κ2) is 4.20. The van der Waals surface area contributed by atoms with Gasteiger partial charge in [-0.2, -0.15) is 4.98 Å². The lowest BCUT2D eigenvalue weighted by atomic mass is 10.3. The van der Waals surface area contributed by atoms with Crippen molar-refractivity contribution in [2.24, 2.45) is 0 Å². The molecule has 0 aliphatic carbocycles. The number of nitrogens with zero attached hydrogens (tertiary/aromatic N) is 6. The molecule has 0 saturated carbocycles. The third-order valence-corrected chi connectivity index (χ3v) is 2.28. The van der Waals surface area contributed by atoms with Gasteiger partial charge >= 0.3 is 0 Å². The van der Waals surface area contributed by atoms with Crippen LogP contribution in [0.1, 0.15) is 19.8 Å². The Morgan fingerprint density at radius 1 is 1.40 bits per heavy atom. The van der Waals surface area contributed by atoms with Crippen molar-refractivity contribution in [2.45, 2.75) is 19.8 Å². The second-order valence-electron chi connectivity index (χ2n) is 3.45. The SMILES string of the molecule is CCCCN(C)c1ncnc2nncn12. The summed E-state index contributed by atoms with van der Waals surface area (Å²) in [5, 5.41) is 7.69. The summed E-state index contributed by atoms with van der Waals surface area (Å²) in [6.07, 6.45) is 5.46. The number of rotatable bonds is 4. The van der Waals surface area contributed by atoms with Gasteiger partial charge < -0.3 is 4.90 Å². The van der Waals surface area contributed by atoms with E-state index < -0.39 is 0 Å². The molecule has 2 rings (SSSR count). The minimum Gasteiger partial charge on any atom is -0.345 e. The molecule has 0 N–H and O–H groups in total. The van der Waals surface area contributed by atoms with Crippen molar-refractivity contribution in [1.29, 1.82) is 0 Å².